The minimum atomic E-state index is 0.00961. The monoisotopic (exact) mass is 419 g/mol. The third-order valence-electron chi connectivity index (χ3n) is 5.08. The second-order valence-electron chi connectivity index (χ2n) is 7.21. The van der Waals surface area contributed by atoms with Gasteiger partial charge in [-0.2, -0.15) is 0 Å². The number of carbonyl (C=O) groups is 1. The molecule has 0 atom stereocenters. The highest BCUT2D eigenvalue weighted by molar-refractivity contribution is 6.33. The predicted octanol–water partition coefficient (Wildman–Crippen LogP) is 0.540. The van der Waals surface area contributed by atoms with Crippen molar-refractivity contribution in [1.82, 2.24) is 0 Å². The highest BCUT2D eigenvalue weighted by Crippen LogP contribution is 2.20. The average molecular weight is 420 g/mol. The summed E-state index contributed by atoms with van der Waals surface area (Å²) in [6.07, 6.45) is 0. The number of hydrogen-bond donors (Lipinski definition) is 3. The second-order valence-corrected chi connectivity index (χ2v) is 7.61. The molecule has 2 aromatic rings. The number of para-hydroxylation sites is 1. The highest BCUT2D eigenvalue weighted by atomic mass is 35.5. The number of rotatable bonds is 9. The highest BCUT2D eigenvalue weighted by Gasteiger charge is 2.24. The van der Waals surface area contributed by atoms with Gasteiger partial charge in [0, 0.05) is 0 Å². The fourth-order valence-corrected chi connectivity index (χ4v) is 3.66. The molecule has 3 rings (SSSR count). The van der Waals surface area contributed by atoms with E-state index in [-0.39, 0.29) is 5.91 Å². The summed E-state index contributed by atoms with van der Waals surface area (Å²) in [5.74, 6) is 1.74. The number of hydrogen-bond acceptors (Lipinski definition) is 3. The average Bonchev–Trinajstić information content (AvgIpc) is 2.72. The topological polar surface area (TPSA) is 56.4 Å². The minimum Gasteiger partial charge on any atom is -0.494 e. The standard InChI is InChI=1S/C22H28ClN3O3/c1-2-28-18-7-9-19(10-8-18)29-16-15-25-11-13-26(14-12-25)17-22(27)24-21-6-4-3-5-20(21)23/h3-10H,2,11-17H2,1H3,(H,24,27)/p+2. The first kappa shape index (κ1) is 21.4. The Balaban J connectivity index is 1.33. The van der Waals surface area contributed by atoms with Gasteiger partial charge in [-0.3, -0.25) is 4.79 Å². The van der Waals surface area contributed by atoms with Crippen molar-refractivity contribution in [2.75, 3.05) is 57.8 Å². The van der Waals surface area contributed by atoms with Crippen LogP contribution in [0.25, 0.3) is 0 Å². The smallest absolute Gasteiger partial charge is 0.279 e. The molecule has 3 N–H and O–H groups in total. The van der Waals surface area contributed by atoms with E-state index in [9.17, 15) is 4.79 Å². The van der Waals surface area contributed by atoms with E-state index in [0.717, 1.165) is 44.2 Å². The molecule has 1 heterocycles. The third-order valence-corrected chi connectivity index (χ3v) is 5.41. The molecule has 156 valence electrons. The van der Waals surface area contributed by atoms with Crippen LogP contribution in [-0.4, -0.2) is 58.4 Å². The number of quaternary nitrogens is 2. The number of nitrogens with one attached hydrogen (secondary N) is 3. The molecule has 7 heteroatoms. The van der Waals surface area contributed by atoms with Gasteiger partial charge in [-0.05, 0) is 43.3 Å². The second kappa shape index (κ2) is 11.0. The number of amides is 1. The summed E-state index contributed by atoms with van der Waals surface area (Å²) in [6.45, 7) is 8.81. The number of piperazine rings is 1. The van der Waals surface area contributed by atoms with E-state index >= 15 is 0 Å². The summed E-state index contributed by atoms with van der Waals surface area (Å²) >= 11 is 6.10. The third kappa shape index (κ3) is 6.92. The Kier molecular flexibility index (Phi) is 8.16. The van der Waals surface area contributed by atoms with E-state index in [4.69, 9.17) is 21.1 Å². The summed E-state index contributed by atoms with van der Waals surface area (Å²) in [7, 11) is 0. The maximum Gasteiger partial charge on any atom is 0.279 e. The van der Waals surface area contributed by atoms with Gasteiger partial charge in [0.15, 0.2) is 6.54 Å². The van der Waals surface area contributed by atoms with E-state index in [1.165, 1.54) is 9.80 Å². The zero-order valence-corrected chi connectivity index (χ0v) is 17.6. The van der Waals surface area contributed by atoms with Crippen LogP contribution < -0.4 is 24.6 Å². The van der Waals surface area contributed by atoms with Gasteiger partial charge in [-0.25, -0.2) is 0 Å². The Morgan fingerprint density at radius 3 is 2.24 bits per heavy atom. The summed E-state index contributed by atoms with van der Waals surface area (Å²) in [5.41, 5.74) is 0.675. The molecule has 6 nitrogen and oxygen atoms in total. The molecule has 1 aliphatic rings. The molecular weight excluding hydrogens is 390 g/mol. The van der Waals surface area contributed by atoms with Gasteiger partial charge in [0.25, 0.3) is 5.91 Å². The van der Waals surface area contributed by atoms with E-state index < -0.39 is 0 Å². The van der Waals surface area contributed by atoms with Crippen molar-refractivity contribution in [2.45, 2.75) is 6.92 Å². The van der Waals surface area contributed by atoms with E-state index in [2.05, 4.69) is 5.32 Å². The van der Waals surface area contributed by atoms with Gasteiger partial charge >= 0.3 is 0 Å². The van der Waals surface area contributed by atoms with Crippen molar-refractivity contribution >= 4 is 23.2 Å². The van der Waals surface area contributed by atoms with E-state index in [1.807, 2.05) is 49.4 Å². The number of benzene rings is 2. The predicted molar refractivity (Wildman–Crippen MR) is 114 cm³/mol. The molecule has 0 aliphatic carbocycles. The molecule has 1 aliphatic heterocycles. The first-order valence-electron chi connectivity index (χ1n) is 10.2. The van der Waals surface area contributed by atoms with Crippen LogP contribution in [-0.2, 0) is 4.79 Å². The Morgan fingerprint density at radius 2 is 1.59 bits per heavy atom. The van der Waals surface area contributed by atoms with Crippen LogP contribution in [0.4, 0.5) is 5.69 Å². The van der Waals surface area contributed by atoms with E-state index in [1.54, 1.807) is 6.07 Å². The molecule has 1 fully saturated rings. The number of halogens is 1. The van der Waals surface area contributed by atoms with E-state index in [0.29, 0.717) is 30.5 Å². The van der Waals surface area contributed by atoms with Gasteiger partial charge in [0.05, 0.1) is 17.3 Å². The van der Waals surface area contributed by atoms with Gasteiger partial charge in [0.1, 0.15) is 50.8 Å². The minimum absolute atomic E-state index is 0.00961. The Hall–Kier alpha value is -2.28. The maximum absolute atomic E-state index is 12.3. The Bertz CT molecular complexity index is 777. The number of ether oxygens (including phenoxy) is 2. The zero-order chi connectivity index (χ0) is 20.5. The first-order chi connectivity index (χ1) is 14.1. The van der Waals surface area contributed by atoms with Gasteiger partial charge in [-0.15, -0.1) is 0 Å². The fraction of sp³-hybridized carbons (Fsp3) is 0.409. The molecule has 1 amide bonds. The zero-order valence-electron chi connectivity index (χ0n) is 16.9. The van der Waals surface area contributed by atoms with Crippen LogP contribution in [0.5, 0.6) is 11.5 Å². The lowest BCUT2D eigenvalue weighted by Gasteiger charge is -2.29. The van der Waals surface area contributed by atoms with Crippen molar-refractivity contribution < 1.29 is 24.1 Å². The van der Waals surface area contributed by atoms with Crippen molar-refractivity contribution in [1.29, 1.82) is 0 Å². The van der Waals surface area contributed by atoms with Crippen LogP contribution >= 0.6 is 11.6 Å². The van der Waals surface area contributed by atoms with Gasteiger partial charge in [0.2, 0.25) is 0 Å². The van der Waals surface area contributed by atoms with Crippen LogP contribution in [0, 0.1) is 0 Å². The SMILES string of the molecule is CCOc1ccc(OCC[NH+]2CC[NH+](CC(=O)Nc3ccccc3Cl)CC2)cc1. The molecule has 0 unspecified atom stereocenters. The summed E-state index contributed by atoms with van der Waals surface area (Å²) in [4.78, 5) is 15.1. The number of anilines is 1. The fourth-order valence-electron chi connectivity index (χ4n) is 3.48. The van der Waals surface area contributed by atoms with Crippen molar-refractivity contribution in [3.05, 3.63) is 53.6 Å². The molecular formula is C22H30ClN3O3+2. The largest absolute Gasteiger partial charge is 0.494 e. The van der Waals surface area contributed by atoms with Crippen molar-refractivity contribution in [3.8, 4) is 11.5 Å². The summed E-state index contributed by atoms with van der Waals surface area (Å²) in [6, 6.07) is 15.1. The van der Waals surface area contributed by atoms with Crippen LogP contribution in [0.3, 0.4) is 0 Å². The van der Waals surface area contributed by atoms with Crippen LogP contribution in [0.2, 0.25) is 5.02 Å². The lowest BCUT2D eigenvalue weighted by atomic mass is 10.3. The number of carbonyl (C=O) groups excluding carboxylic acids is 1. The lowest BCUT2D eigenvalue weighted by Crippen LogP contribution is -3.28. The summed E-state index contributed by atoms with van der Waals surface area (Å²) < 4.78 is 11.3. The molecule has 0 spiro atoms. The van der Waals surface area contributed by atoms with Crippen LogP contribution in [0.15, 0.2) is 48.5 Å². The molecule has 0 radical (unpaired) electrons. The lowest BCUT2D eigenvalue weighted by molar-refractivity contribution is -1.01. The summed E-state index contributed by atoms with van der Waals surface area (Å²) in [5, 5.41) is 3.47. The molecule has 0 bridgehead atoms. The van der Waals surface area contributed by atoms with Crippen molar-refractivity contribution in [3.63, 3.8) is 0 Å². The quantitative estimate of drug-likeness (QED) is 0.556. The molecule has 29 heavy (non-hydrogen) atoms. The maximum atomic E-state index is 12.3. The van der Waals surface area contributed by atoms with Gasteiger partial charge < -0.3 is 24.6 Å². The Labute approximate surface area is 177 Å². The van der Waals surface area contributed by atoms with Crippen LogP contribution in [0.1, 0.15) is 6.92 Å². The normalized spacial score (nSPS) is 18.8. The molecule has 0 saturated carbocycles. The molecule has 0 aromatic heterocycles. The van der Waals surface area contributed by atoms with Crippen molar-refractivity contribution in [2.24, 2.45) is 0 Å². The molecule has 1 saturated heterocycles. The van der Waals surface area contributed by atoms with Gasteiger partial charge in [-0.1, -0.05) is 23.7 Å². The Morgan fingerprint density at radius 1 is 0.966 bits per heavy atom. The molecule has 2 aromatic carbocycles. The first-order valence-corrected chi connectivity index (χ1v) is 10.6.